The van der Waals surface area contributed by atoms with Crippen LogP contribution in [0.5, 0.6) is 0 Å². The van der Waals surface area contributed by atoms with E-state index in [9.17, 15) is 9.59 Å². The molecule has 0 spiro atoms. The Labute approximate surface area is 220 Å². The molecule has 1 saturated heterocycles. The summed E-state index contributed by atoms with van der Waals surface area (Å²) in [7, 11) is 0. The molecule has 0 atom stereocenters. The van der Waals surface area contributed by atoms with Gasteiger partial charge in [0.15, 0.2) is 0 Å². The molecule has 2 amide bonds. The largest absolute Gasteiger partial charge is 0.357 e. The number of pyridine rings is 2. The first-order valence-electron chi connectivity index (χ1n) is 11.7. The van der Waals surface area contributed by atoms with Crippen LogP contribution in [0.3, 0.4) is 0 Å². The van der Waals surface area contributed by atoms with Crippen LogP contribution in [0.25, 0.3) is 0 Å². The van der Waals surface area contributed by atoms with Crippen molar-refractivity contribution in [2.45, 2.75) is 31.7 Å². The number of hydrogen-bond donors (Lipinski definition) is 3. The molecule has 1 aliphatic heterocycles. The first-order valence-corrected chi connectivity index (χ1v) is 13.3. The van der Waals surface area contributed by atoms with Crippen LogP contribution in [0, 0.1) is 0 Å². The van der Waals surface area contributed by atoms with Crippen molar-refractivity contribution < 1.29 is 9.59 Å². The Morgan fingerprint density at radius 1 is 0.811 bits per heavy atom. The Morgan fingerprint density at radius 2 is 1.38 bits per heavy atom. The Kier molecular flexibility index (Phi) is 7.86. The van der Waals surface area contributed by atoms with Gasteiger partial charge in [0.05, 0.1) is 12.8 Å². The molecule has 5 heterocycles. The van der Waals surface area contributed by atoms with Crippen LogP contribution in [0.4, 0.5) is 20.5 Å². The predicted octanol–water partition coefficient (Wildman–Crippen LogP) is 2.62. The minimum Gasteiger partial charge on any atom is -0.357 e. The number of carbonyl (C=O) groups excluding carboxylic acids is 2. The molecule has 190 valence electrons. The lowest BCUT2D eigenvalue weighted by atomic mass is 10.1. The minimum atomic E-state index is -0.159. The normalized spacial score (nSPS) is 13.8. The van der Waals surface area contributed by atoms with Gasteiger partial charge in [-0.1, -0.05) is 34.8 Å². The number of rotatable bonds is 9. The third-order valence-electron chi connectivity index (χ3n) is 5.60. The summed E-state index contributed by atoms with van der Waals surface area (Å²) in [6.07, 6.45) is 8.92. The van der Waals surface area contributed by atoms with Gasteiger partial charge in [0, 0.05) is 43.9 Å². The van der Waals surface area contributed by atoms with Gasteiger partial charge in [0.1, 0.15) is 0 Å². The Bertz CT molecular complexity index is 1320. The van der Waals surface area contributed by atoms with Crippen molar-refractivity contribution >= 4 is 55.0 Å². The topological polar surface area (TPSA) is 151 Å². The van der Waals surface area contributed by atoms with E-state index in [1.165, 1.54) is 22.7 Å². The molecule has 0 saturated carbocycles. The van der Waals surface area contributed by atoms with E-state index < -0.39 is 0 Å². The summed E-state index contributed by atoms with van der Waals surface area (Å²) in [5.41, 5.74) is 1.68. The number of hydrogen-bond acceptors (Lipinski definition) is 12. The highest BCUT2D eigenvalue weighted by atomic mass is 32.1. The molecule has 0 unspecified atom stereocenters. The molecule has 4 aromatic heterocycles. The average molecular weight is 537 g/mol. The standard InChI is InChI=1S/C23H24N10O2S2/c34-18(11-15-3-1-7-24-13-15)27-21-30-29-20(36-21)26-17-5-9-33(10-6-17)23-32-31-22(37-23)28-19(35)12-16-4-2-8-25-14-16/h1-4,7-8,13-14,17H,5-6,9-12H2,(H,26,29)(H,27,30,34)(H,28,31,35). The number of nitrogens with one attached hydrogen (secondary N) is 3. The lowest BCUT2D eigenvalue weighted by Crippen LogP contribution is -2.39. The Morgan fingerprint density at radius 3 is 1.97 bits per heavy atom. The van der Waals surface area contributed by atoms with Gasteiger partial charge in [-0.25, -0.2) is 0 Å². The van der Waals surface area contributed by atoms with Crippen LogP contribution in [-0.2, 0) is 22.4 Å². The van der Waals surface area contributed by atoms with Gasteiger partial charge in [0.25, 0.3) is 0 Å². The van der Waals surface area contributed by atoms with Crippen LogP contribution >= 0.6 is 22.7 Å². The van der Waals surface area contributed by atoms with Crippen molar-refractivity contribution in [3.05, 3.63) is 60.2 Å². The average Bonchev–Trinajstić information content (AvgIpc) is 3.55. The molecule has 12 nitrogen and oxygen atoms in total. The zero-order chi connectivity index (χ0) is 25.5. The summed E-state index contributed by atoms with van der Waals surface area (Å²) in [5.74, 6) is -0.308. The molecule has 3 N–H and O–H groups in total. The maximum Gasteiger partial charge on any atom is 0.230 e. The Balaban J connectivity index is 1.06. The molecule has 0 aliphatic carbocycles. The van der Waals surface area contributed by atoms with Crippen LogP contribution in [0.15, 0.2) is 49.1 Å². The fraction of sp³-hybridized carbons (Fsp3) is 0.304. The summed E-state index contributed by atoms with van der Waals surface area (Å²) in [5, 5.41) is 28.0. The fourth-order valence-electron chi connectivity index (χ4n) is 3.82. The number of carbonyl (C=O) groups is 2. The molecule has 37 heavy (non-hydrogen) atoms. The van der Waals surface area contributed by atoms with E-state index in [1.54, 1.807) is 36.9 Å². The molecular formula is C23H24N10O2S2. The molecule has 0 radical (unpaired) electrons. The monoisotopic (exact) mass is 536 g/mol. The molecule has 0 aromatic carbocycles. The van der Waals surface area contributed by atoms with Gasteiger partial charge < -0.3 is 20.9 Å². The van der Waals surface area contributed by atoms with Gasteiger partial charge in [-0.15, -0.1) is 20.4 Å². The highest BCUT2D eigenvalue weighted by Crippen LogP contribution is 2.28. The number of aromatic nitrogens is 6. The van der Waals surface area contributed by atoms with E-state index in [1.807, 2.05) is 12.1 Å². The quantitative estimate of drug-likeness (QED) is 0.291. The van der Waals surface area contributed by atoms with Crippen molar-refractivity contribution in [3.63, 3.8) is 0 Å². The van der Waals surface area contributed by atoms with Gasteiger partial charge in [0.2, 0.25) is 32.3 Å². The lowest BCUT2D eigenvalue weighted by Gasteiger charge is -2.31. The SMILES string of the molecule is O=C(Cc1cccnc1)Nc1nnc(NC2CCN(c3nnc(NC(=O)Cc4cccnc4)s3)CC2)s1. The zero-order valence-electron chi connectivity index (χ0n) is 19.7. The van der Waals surface area contributed by atoms with Crippen LogP contribution in [0.1, 0.15) is 24.0 Å². The predicted molar refractivity (Wildman–Crippen MR) is 142 cm³/mol. The first kappa shape index (κ1) is 24.6. The number of amides is 2. The molecular weight excluding hydrogens is 512 g/mol. The van der Waals surface area contributed by atoms with Crippen molar-refractivity contribution in [1.82, 2.24) is 30.4 Å². The number of piperidine rings is 1. The maximum atomic E-state index is 12.3. The third-order valence-corrected chi connectivity index (χ3v) is 7.27. The molecule has 1 aliphatic rings. The lowest BCUT2D eigenvalue weighted by molar-refractivity contribution is -0.116. The third kappa shape index (κ3) is 7.01. The summed E-state index contributed by atoms with van der Waals surface area (Å²) >= 11 is 2.68. The summed E-state index contributed by atoms with van der Waals surface area (Å²) in [6.45, 7) is 1.59. The van der Waals surface area contributed by atoms with Gasteiger partial charge in [-0.05, 0) is 36.1 Å². The fourth-order valence-corrected chi connectivity index (χ4v) is 5.37. The van der Waals surface area contributed by atoms with Crippen LogP contribution < -0.4 is 20.9 Å². The second-order valence-corrected chi connectivity index (χ2v) is 10.3. The zero-order valence-corrected chi connectivity index (χ0v) is 21.3. The van der Waals surface area contributed by atoms with Crippen molar-refractivity contribution in [2.24, 2.45) is 0 Å². The van der Waals surface area contributed by atoms with E-state index in [4.69, 9.17) is 0 Å². The maximum absolute atomic E-state index is 12.3. The van der Waals surface area contributed by atoms with Gasteiger partial charge >= 0.3 is 0 Å². The second kappa shape index (κ2) is 11.8. The van der Waals surface area contributed by atoms with Crippen LogP contribution in [0.2, 0.25) is 0 Å². The molecule has 14 heteroatoms. The summed E-state index contributed by atoms with van der Waals surface area (Å²) < 4.78 is 0. The van der Waals surface area contributed by atoms with Gasteiger partial charge in [-0.3, -0.25) is 19.6 Å². The van der Waals surface area contributed by atoms with Crippen molar-refractivity contribution in [3.8, 4) is 0 Å². The molecule has 5 rings (SSSR count). The smallest absolute Gasteiger partial charge is 0.230 e. The van der Waals surface area contributed by atoms with E-state index in [0.29, 0.717) is 15.4 Å². The number of nitrogens with zero attached hydrogens (tertiary/aromatic N) is 7. The van der Waals surface area contributed by atoms with E-state index >= 15 is 0 Å². The summed E-state index contributed by atoms with van der Waals surface area (Å²) in [4.78, 5) is 34.7. The van der Waals surface area contributed by atoms with Crippen molar-refractivity contribution in [2.75, 3.05) is 33.9 Å². The highest BCUT2D eigenvalue weighted by Gasteiger charge is 2.23. The molecule has 1 fully saturated rings. The molecule has 0 bridgehead atoms. The van der Waals surface area contributed by atoms with E-state index in [2.05, 4.69) is 51.2 Å². The van der Waals surface area contributed by atoms with Crippen molar-refractivity contribution in [1.29, 1.82) is 0 Å². The van der Waals surface area contributed by atoms with Gasteiger partial charge in [-0.2, -0.15) is 0 Å². The Hall–Kier alpha value is -4.04. The highest BCUT2D eigenvalue weighted by molar-refractivity contribution is 7.19. The minimum absolute atomic E-state index is 0.150. The summed E-state index contributed by atoms with van der Waals surface area (Å²) in [6, 6.07) is 7.55. The second-order valence-electron chi connectivity index (χ2n) is 8.38. The molecule has 4 aromatic rings. The van der Waals surface area contributed by atoms with E-state index in [-0.39, 0.29) is 30.7 Å². The first-order chi connectivity index (χ1) is 18.1. The van der Waals surface area contributed by atoms with Crippen LogP contribution in [-0.4, -0.2) is 61.3 Å². The number of anilines is 4. The van der Waals surface area contributed by atoms with E-state index in [0.717, 1.165) is 42.2 Å².